The molecule has 0 aliphatic carbocycles. The second-order valence-electron chi connectivity index (χ2n) is 5.19. The fourth-order valence-corrected chi connectivity index (χ4v) is 2.45. The summed E-state index contributed by atoms with van der Waals surface area (Å²) < 4.78 is 5.27. The van der Waals surface area contributed by atoms with Gasteiger partial charge in [0.1, 0.15) is 0 Å². The summed E-state index contributed by atoms with van der Waals surface area (Å²) in [6.45, 7) is 0.376. The van der Waals surface area contributed by atoms with E-state index in [0.29, 0.717) is 6.61 Å². The van der Waals surface area contributed by atoms with Gasteiger partial charge in [-0.25, -0.2) is 0 Å². The minimum atomic E-state index is -0.290. The molecule has 3 heteroatoms. The van der Waals surface area contributed by atoms with Crippen molar-refractivity contribution in [1.82, 2.24) is 4.90 Å². The molecule has 1 atom stereocenters. The molecule has 0 heterocycles. The maximum Gasteiger partial charge on any atom is 0.231 e. The molecule has 0 aliphatic rings. The summed E-state index contributed by atoms with van der Waals surface area (Å²) in [6.07, 6.45) is 0. The number of carbonyl (C=O) groups is 1. The largest absolute Gasteiger partial charge is 0.384 e. The third kappa shape index (κ3) is 3.50. The van der Waals surface area contributed by atoms with Gasteiger partial charge in [-0.05, 0) is 16.7 Å². The monoisotopic (exact) mass is 283 g/mol. The van der Waals surface area contributed by atoms with Crippen LogP contribution in [0.25, 0.3) is 11.1 Å². The maximum atomic E-state index is 12.5. The van der Waals surface area contributed by atoms with Crippen LogP contribution in [0.1, 0.15) is 11.5 Å². The first-order chi connectivity index (χ1) is 10.1. The molecule has 0 aromatic heterocycles. The van der Waals surface area contributed by atoms with Gasteiger partial charge in [-0.15, -0.1) is 0 Å². The first kappa shape index (κ1) is 15.3. The molecule has 21 heavy (non-hydrogen) atoms. The second-order valence-corrected chi connectivity index (χ2v) is 5.19. The Morgan fingerprint density at radius 1 is 1.05 bits per heavy atom. The van der Waals surface area contributed by atoms with E-state index in [4.69, 9.17) is 4.74 Å². The number of nitrogens with zero attached hydrogens (tertiary/aromatic N) is 1. The van der Waals surface area contributed by atoms with Crippen molar-refractivity contribution in [2.45, 2.75) is 5.92 Å². The minimum absolute atomic E-state index is 0.0558. The van der Waals surface area contributed by atoms with Crippen LogP contribution in [0.15, 0.2) is 54.6 Å². The predicted molar refractivity (Wildman–Crippen MR) is 85.2 cm³/mol. The van der Waals surface area contributed by atoms with Crippen molar-refractivity contribution in [3.63, 3.8) is 0 Å². The van der Waals surface area contributed by atoms with E-state index < -0.39 is 0 Å². The molecule has 0 saturated heterocycles. The van der Waals surface area contributed by atoms with Gasteiger partial charge < -0.3 is 9.64 Å². The Kier molecular flexibility index (Phi) is 5.12. The topological polar surface area (TPSA) is 29.5 Å². The van der Waals surface area contributed by atoms with Crippen LogP contribution in [0.3, 0.4) is 0 Å². The number of amides is 1. The summed E-state index contributed by atoms with van der Waals surface area (Å²) >= 11 is 0. The van der Waals surface area contributed by atoms with Crippen molar-refractivity contribution in [3.05, 3.63) is 60.2 Å². The number of ether oxygens (including phenoxy) is 1. The predicted octanol–water partition coefficient (Wildman–Crippen LogP) is 3.17. The Morgan fingerprint density at radius 2 is 1.67 bits per heavy atom. The molecular weight excluding hydrogens is 262 g/mol. The molecule has 1 amide bonds. The second kappa shape index (κ2) is 7.04. The van der Waals surface area contributed by atoms with Gasteiger partial charge in [0.05, 0.1) is 12.5 Å². The van der Waals surface area contributed by atoms with Crippen LogP contribution in [-0.4, -0.2) is 38.6 Å². The zero-order valence-electron chi connectivity index (χ0n) is 12.7. The average molecular weight is 283 g/mol. The minimum Gasteiger partial charge on any atom is -0.384 e. The molecule has 2 aromatic rings. The third-order valence-corrected chi connectivity index (χ3v) is 3.49. The molecule has 110 valence electrons. The summed E-state index contributed by atoms with van der Waals surface area (Å²) in [4.78, 5) is 14.1. The van der Waals surface area contributed by atoms with Crippen molar-refractivity contribution < 1.29 is 9.53 Å². The zero-order valence-corrected chi connectivity index (χ0v) is 12.7. The summed E-state index contributed by atoms with van der Waals surface area (Å²) in [7, 11) is 5.17. The first-order valence-electron chi connectivity index (χ1n) is 6.99. The van der Waals surface area contributed by atoms with Gasteiger partial charge >= 0.3 is 0 Å². The Hall–Kier alpha value is -2.13. The fourth-order valence-electron chi connectivity index (χ4n) is 2.45. The molecule has 0 radical (unpaired) electrons. The van der Waals surface area contributed by atoms with Crippen LogP contribution in [0.4, 0.5) is 0 Å². The van der Waals surface area contributed by atoms with E-state index in [0.717, 1.165) is 16.7 Å². The normalized spacial score (nSPS) is 12.0. The highest BCUT2D eigenvalue weighted by molar-refractivity contribution is 5.86. The SMILES string of the molecule is COCC(C(=O)N(C)C)c1ccccc1-c1ccccc1. The highest BCUT2D eigenvalue weighted by atomic mass is 16.5. The summed E-state index contributed by atoms with van der Waals surface area (Å²) in [5.41, 5.74) is 3.19. The van der Waals surface area contributed by atoms with Crippen LogP contribution in [-0.2, 0) is 9.53 Å². The number of rotatable bonds is 5. The first-order valence-corrected chi connectivity index (χ1v) is 6.99. The molecule has 0 saturated carbocycles. The molecule has 1 unspecified atom stereocenters. The molecule has 2 aromatic carbocycles. The van der Waals surface area contributed by atoms with E-state index in [1.165, 1.54) is 0 Å². The highest BCUT2D eigenvalue weighted by Gasteiger charge is 2.24. The number of hydrogen-bond donors (Lipinski definition) is 0. The Balaban J connectivity index is 2.49. The van der Waals surface area contributed by atoms with Gasteiger partial charge in [0.25, 0.3) is 0 Å². The van der Waals surface area contributed by atoms with Crippen LogP contribution in [0.5, 0.6) is 0 Å². The number of benzene rings is 2. The van der Waals surface area contributed by atoms with E-state index in [9.17, 15) is 4.79 Å². The van der Waals surface area contributed by atoms with E-state index in [1.54, 1.807) is 26.1 Å². The lowest BCUT2D eigenvalue weighted by molar-refractivity contribution is -0.131. The van der Waals surface area contributed by atoms with E-state index in [1.807, 2.05) is 36.4 Å². The summed E-state index contributed by atoms with van der Waals surface area (Å²) in [6, 6.07) is 18.1. The Morgan fingerprint density at radius 3 is 2.29 bits per heavy atom. The van der Waals surface area contributed by atoms with Crippen molar-refractivity contribution in [1.29, 1.82) is 0 Å². The average Bonchev–Trinajstić information content (AvgIpc) is 2.53. The molecule has 0 aliphatic heterocycles. The molecule has 3 nitrogen and oxygen atoms in total. The van der Waals surface area contributed by atoms with Crippen LogP contribution >= 0.6 is 0 Å². The lowest BCUT2D eigenvalue weighted by Gasteiger charge is -2.22. The van der Waals surface area contributed by atoms with Crippen molar-refractivity contribution >= 4 is 5.91 Å². The molecule has 2 rings (SSSR count). The number of hydrogen-bond acceptors (Lipinski definition) is 2. The van der Waals surface area contributed by atoms with E-state index in [2.05, 4.69) is 18.2 Å². The summed E-state index contributed by atoms with van der Waals surface area (Å²) in [5, 5.41) is 0. The van der Waals surface area contributed by atoms with Gasteiger partial charge in [-0.3, -0.25) is 4.79 Å². The van der Waals surface area contributed by atoms with Crippen molar-refractivity contribution in [2.75, 3.05) is 27.8 Å². The van der Waals surface area contributed by atoms with Gasteiger partial charge in [0, 0.05) is 21.2 Å². The van der Waals surface area contributed by atoms with E-state index >= 15 is 0 Å². The van der Waals surface area contributed by atoms with Crippen molar-refractivity contribution in [3.8, 4) is 11.1 Å². The molecule has 0 spiro atoms. The van der Waals surface area contributed by atoms with Crippen LogP contribution < -0.4 is 0 Å². The lowest BCUT2D eigenvalue weighted by atomic mass is 9.90. The number of methoxy groups -OCH3 is 1. The van der Waals surface area contributed by atoms with Gasteiger partial charge in [0.15, 0.2) is 0 Å². The van der Waals surface area contributed by atoms with E-state index in [-0.39, 0.29) is 11.8 Å². The number of carbonyl (C=O) groups excluding carboxylic acids is 1. The zero-order chi connectivity index (χ0) is 15.2. The Labute approximate surface area is 126 Å². The van der Waals surface area contributed by atoms with Gasteiger partial charge in [-0.2, -0.15) is 0 Å². The highest BCUT2D eigenvalue weighted by Crippen LogP contribution is 2.30. The van der Waals surface area contributed by atoms with Crippen molar-refractivity contribution in [2.24, 2.45) is 0 Å². The summed E-state index contributed by atoms with van der Waals surface area (Å²) in [5.74, 6) is -0.235. The van der Waals surface area contributed by atoms with Gasteiger partial charge in [-0.1, -0.05) is 54.6 Å². The molecule has 0 bridgehead atoms. The van der Waals surface area contributed by atoms with Crippen LogP contribution in [0, 0.1) is 0 Å². The van der Waals surface area contributed by atoms with Gasteiger partial charge in [0.2, 0.25) is 5.91 Å². The third-order valence-electron chi connectivity index (χ3n) is 3.49. The molecule has 0 N–H and O–H groups in total. The standard InChI is InChI=1S/C18H21NO2/c1-19(2)18(20)17(13-21-3)16-12-8-7-11-15(16)14-9-5-4-6-10-14/h4-12,17H,13H2,1-3H3. The Bertz CT molecular complexity index is 593. The smallest absolute Gasteiger partial charge is 0.231 e. The fraction of sp³-hybridized carbons (Fsp3) is 0.278. The lowest BCUT2D eigenvalue weighted by Crippen LogP contribution is -2.31. The quantitative estimate of drug-likeness (QED) is 0.843. The van der Waals surface area contributed by atoms with Crippen LogP contribution in [0.2, 0.25) is 0 Å². The maximum absolute atomic E-state index is 12.5. The number of likely N-dealkylation sites (N-methyl/N-ethyl adjacent to an activating group) is 1. The molecule has 0 fully saturated rings. The molecular formula is C18H21NO2.